The first-order valence-electron chi connectivity index (χ1n) is 8.34. The van der Waals surface area contributed by atoms with Crippen molar-refractivity contribution in [2.45, 2.75) is 18.9 Å². The van der Waals surface area contributed by atoms with Crippen LogP contribution in [0, 0.1) is 0 Å². The molecule has 1 aliphatic rings. The van der Waals surface area contributed by atoms with E-state index in [0.717, 1.165) is 24.2 Å². The van der Waals surface area contributed by atoms with Crippen molar-refractivity contribution in [2.75, 3.05) is 19.6 Å². The smallest absolute Gasteiger partial charge is 0.335 e. The molecule has 1 aromatic carbocycles. The predicted molar refractivity (Wildman–Crippen MR) is 93.3 cm³/mol. The SMILES string of the molecule is O=C(CN1CC[C@@H](c2ccccc2C(=O)O)C1)NCc1ccccn1. The molecule has 2 heterocycles. The highest BCUT2D eigenvalue weighted by Crippen LogP contribution is 2.29. The Kier molecular flexibility index (Phi) is 5.40. The van der Waals surface area contributed by atoms with Crippen LogP contribution in [-0.4, -0.2) is 46.5 Å². The topological polar surface area (TPSA) is 82.5 Å². The molecule has 1 atom stereocenters. The number of nitrogens with zero attached hydrogens (tertiary/aromatic N) is 2. The number of nitrogens with one attached hydrogen (secondary N) is 1. The standard InChI is InChI=1S/C19H21N3O3/c23-18(21-11-15-5-3-4-9-20-15)13-22-10-8-14(12-22)16-6-1-2-7-17(16)19(24)25/h1-7,9,14H,8,10-13H2,(H,21,23)(H,24,25)/t14-/m1/s1. The Bertz CT molecular complexity index is 749. The number of carbonyl (C=O) groups is 2. The fraction of sp³-hybridized carbons (Fsp3) is 0.316. The van der Waals surface area contributed by atoms with Crippen molar-refractivity contribution in [3.05, 3.63) is 65.5 Å². The zero-order chi connectivity index (χ0) is 17.6. The summed E-state index contributed by atoms with van der Waals surface area (Å²) in [4.78, 5) is 29.7. The van der Waals surface area contributed by atoms with E-state index in [1.807, 2.05) is 30.3 Å². The van der Waals surface area contributed by atoms with Gasteiger partial charge in [0.1, 0.15) is 0 Å². The Hall–Kier alpha value is -2.73. The minimum absolute atomic E-state index is 0.0437. The first kappa shape index (κ1) is 17.1. The Labute approximate surface area is 146 Å². The summed E-state index contributed by atoms with van der Waals surface area (Å²) in [5.41, 5.74) is 2.03. The molecule has 0 saturated carbocycles. The first-order chi connectivity index (χ1) is 12.1. The number of hydrogen-bond donors (Lipinski definition) is 2. The second kappa shape index (κ2) is 7.90. The van der Waals surface area contributed by atoms with E-state index in [4.69, 9.17) is 0 Å². The van der Waals surface area contributed by atoms with Gasteiger partial charge in [0, 0.05) is 12.7 Å². The van der Waals surface area contributed by atoms with Crippen LogP contribution in [0.15, 0.2) is 48.7 Å². The van der Waals surface area contributed by atoms with E-state index in [-0.39, 0.29) is 11.8 Å². The third kappa shape index (κ3) is 4.42. The predicted octanol–water partition coefficient (Wildman–Crippen LogP) is 1.89. The molecular weight excluding hydrogens is 318 g/mol. The van der Waals surface area contributed by atoms with Gasteiger partial charge in [-0.2, -0.15) is 0 Å². The van der Waals surface area contributed by atoms with Gasteiger partial charge in [0.2, 0.25) is 5.91 Å². The minimum atomic E-state index is -0.901. The maximum absolute atomic E-state index is 12.1. The number of pyridine rings is 1. The number of hydrogen-bond acceptors (Lipinski definition) is 4. The van der Waals surface area contributed by atoms with E-state index >= 15 is 0 Å². The highest BCUT2D eigenvalue weighted by molar-refractivity contribution is 5.89. The van der Waals surface area contributed by atoms with E-state index in [0.29, 0.717) is 25.2 Å². The van der Waals surface area contributed by atoms with Gasteiger partial charge in [-0.1, -0.05) is 24.3 Å². The lowest BCUT2D eigenvalue weighted by molar-refractivity contribution is -0.122. The van der Waals surface area contributed by atoms with Gasteiger partial charge in [-0.15, -0.1) is 0 Å². The monoisotopic (exact) mass is 339 g/mol. The van der Waals surface area contributed by atoms with E-state index in [9.17, 15) is 14.7 Å². The normalized spacial score (nSPS) is 17.4. The van der Waals surface area contributed by atoms with Gasteiger partial charge in [0.25, 0.3) is 0 Å². The summed E-state index contributed by atoms with van der Waals surface area (Å²) in [5, 5.41) is 12.2. The molecule has 1 saturated heterocycles. The van der Waals surface area contributed by atoms with E-state index in [1.54, 1.807) is 18.3 Å². The minimum Gasteiger partial charge on any atom is -0.478 e. The maximum Gasteiger partial charge on any atom is 0.335 e. The van der Waals surface area contributed by atoms with Crippen molar-refractivity contribution < 1.29 is 14.7 Å². The third-order valence-electron chi connectivity index (χ3n) is 4.46. The molecule has 0 unspecified atom stereocenters. The number of aromatic nitrogens is 1. The Morgan fingerprint density at radius 2 is 2.00 bits per heavy atom. The lowest BCUT2D eigenvalue weighted by Crippen LogP contribution is -2.35. The number of amides is 1. The van der Waals surface area contributed by atoms with E-state index < -0.39 is 5.97 Å². The molecule has 1 amide bonds. The summed E-state index contributed by atoms with van der Waals surface area (Å²) in [5.74, 6) is -0.795. The van der Waals surface area contributed by atoms with E-state index in [1.165, 1.54) is 0 Å². The summed E-state index contributed by atoms with van der Waals surface area (Å²) in [7, 11) is 0. The lowest BCUT2D eigenvalue weighted by Gasteiger charge is -2.17. The number of benzene rings is 1. The zero-order valence-corrected chi connectivity index (χ0v) is 13.9. The fourth-order valence-electron chi connectivity index (χ4n) is 3.23. The second-order valence-electron chi connectivity index (χ2n) is 6.21. The van der Waals surface area contributed by atoms with Gasteiger partial charge in [-0.25, -0.2) is 4.79 Å². The molecule has 1 fully saturated rings. The van der Waals surface area contributed by atoms with Gasteiger partial charge in [0.15, 0.2) is 0 Å². The average Bonchev–Trinajstić information content (AvgIpc) is 3.09. The maximum atomic E-state index is 12.1. The average molecular weight is 339 g/mol. The number of likely N-dealkylation sites (tertiary alicyclic amines) is 1. The number of carbonyl (C=O) groups excluding carboxylic acids is 1. The van der Waals surface area contributed by atoms with Crippen LogP contribution in [0.3, 0.4) is 0 Å². The molecule has 0 spiro atoms. The molecular formula is C19H21N3O3. The molecule has 0 radical (unpaired) electrons. The summed E-state index contributed by atoms with van der Waals surface area (Å²) in [6.07, 6.45) is 2.56. The summed E-state index contributed by atoms with van der Waals surface area (Å²) < 4.78 is 0. The number of aromatic carboxylic acids is 1. The Morgan fingerprint density at radius 3 is 2.76 bits per heavy atom. The van der Waals surface area contributed by atoms with Crippen LogP contribution in [0.5, 0.6) is 0 Å². The highest BCUT2D eigenvalue weighted by Gasteiger charge is 2.27. The highest BCUT2D eigenvalue weighted by atomic mass is 16.4. The number of carboxylic acid groups (broad SMARTS) is 1. The van der Waals surface area contributed by atoms with Crippen molar-refractivity contribution in [3.63, 3.8) is 0 Å². The van der Waals surface area contributed by atoms with Crippen LogP contribution >= 0.6 is 0 Å². The first-order valence-corrected chi connectivity index (χ1v) is 8.34. The molecule has 25 heavy (non-hydrogen) atoms. The lowest BCUT2D eigenvalue weighted by atomic mass is 9.93. The van der Waals surface area contributed by atoms with Gasteiger partial charge >= 0.3 is 5.97 Å². The molecule has 2 N–H and O–H groups in total. The number of carboxylic acids is 1. The Morgan fingerprint density at radius 1 is 1.20 bits per heavy atom. The van der Waals surface area contributed by atoms with Crippen LogP contribution in [0.25, 0.3) is 0 Å². The molecule has 1 aromatic heterocycles. The second-order valence-corrected chi connectivity index (χ2v) is 6.21. The Balaban J connectivity index is 1.53. The molecule has 1 aliphatic heterocycles. The van der Waals surface area contributed by atoms with Crippen molar-refractivity contribution in [2.24, 2.45) is 0 Å². The van der Waals surface area contributed by atoms with Gasteiger partial charge < -0.3 is 10.4 Å². The molecule has 3 rings (SSSR count). The summed E-state index contributed by atoms with van der Waals surface area (Å²) in [6, 6.07) is 12.7. The molecule has 6 nitrogen and oxygen atoms in total. The van der Waals surface area contributed by atoms with Gasteiger partial charge in [0.05, 0.1) is 24.3 Å². The molecule has 0 aliphatic carbocycles. The van der Waals surface area contributed by atoms with Crippen LogP contribution in [0.4, 0.5) is 0 Å². The molecule has 6 heteroatoms. The van der Waals surface area contributed by atoms with E-state index in [2.05, 4.69) is 15.2 Å². The fourth-order valence-corrected chi connectivity index (χ4v) is 3.23. The van der Waals surface area contributed by atoms with Crippen molar-refractivity contribution in [1.29, 1.82) is 0 Å². The quantitative estimate of drug-likeness (QED) is 0.840. The summed E-state index contributed by atoms with van der Waals surface area (Å²) >= 11 is 0. The molecule has 130 valence electrons. The largest absolute Gasteiger partial charge is 0.478 e. The van der Waals surface area contributed by atoms with Gasteiger partial charge in [-0.05, 0) is 42.6 Å². The number of rotatable bonds is 6. The van der Waals surface area contributed by atoms with Crippen molar-refractivity contribution in [3.8, 4) is 0 Å². The molecule has 2 aromatic rings. The van der Waals surface area contributed by atoms with Crippen molar-refractivity contribution in [1.82, 2.24) is 15.2 Å². The molecule has 0 bridgehead atoms. The van der Waals surface area contributed by atoms with Gasteiger partial charge in [-0.3, -0.25) is 14.7 Å². The van der Waals surface area contributed by atoms with Crippen LogP contribution in [0.1, 0.15) is 34.0 Å². The van der Waals surface area contributed by atoms with Crippen LogP contribution in [0.2, 0.25) is 0 Å². The van der Waals surface area contributed by atoms with Crippen molar-refractivity contribution >= 4 is 11.9 Å². The van der Waals surface area contributed by atoms with Crippen LogP contribution < -0.4 is 5.32 Å². The zero-order valence-electron chi connectivity index (χ0n) is 13.9. The third-order valence-corrected chi connectivity index (χ3v) is 4.46. The van der Waals surface area contributed by atoms with Crippen LogP contribution in [-0.2, 0) is 11.3 Å². The summed E-state index contributed by atoms with van der Waals surface area (Å²) in [6.45, 7) is 2.22.